The van der Waals surface area contributed by atoms with E-state index in [0.29, 0.717) is 0 Å². The topological polar surface area (TPSA) is 0 Å². The number of hydrogen-bond acceptors (Lipinski definition) is 0. The molecule has 0 fully saturated rings. The Morgan fingerprint density at radius 1 is 0.464 bits per heavy atom. The second-order valence-corrected chi connectivity index (χ2v) is 8.38. The molecule has 0 radical (unpaired) electrons. The Hall–Kier alpha value is -2.86. The van der Waals surface area contributed by atoms with Gasteiger partial charge in [0.1, 0.15) is 0 Å². The van der Waals surface area contributed by atoms with Crippen LogP contribution < -0.4 is 0 Å². The van der Waals surface area contributed by atoms with Gasteiger partial charge in [-0.25, -0.2) is 0 Å². The molecule has 2 aliphatic carbocycles. The summed E-state index contributed by atoms with van der Waals surface area (Å²) in [6, 6.07) is 27.7. The zero-order valence-corrected chi connectivity index (χ0v) is 16.2. The Morgan fingerprint density at radius 2 is 1.21 bits per heavy atom. The molecule has 0 unspecified atom stereocenters. The lowest BCUT2D eigenvalue weighted by Gasteiger charge is -2.21. The van der Waals surface area contributed by atoms with Crippen LogP contribution in [0, 0.1) is 0 Å². The van der Waals surface area contributed by atoms with E-state index in [-0.39, 0.29) is 0 Å². The van der Waals surface area contributed by atoms with Gasteiger partial charge in [-0.2, -0.15) is 0 Å². The summed E-state index contributed by atoms with van der Waals surface area (Å²) in [4.78, 5) is 0. The van der Waals surface area contributed by atoms with Gasteiger partial charge in [0.25, 0.3) is 0 Å². The fraction of sp³-hybridized carbons (Fsp3) is 0.214. The fourth-order valence-electron chi connectivity index (χ4n) is 5.27. The number of fused-ring (bicyclic) bond motifs is 5. The highest BCUT2D eigenvalue weighted by atomic mass is 14.2. The van der Waals surface area contributed by atoms with Crippen LogP contribution in [0.1, 0.15) is 35.1 Å². The lowest BCUT2D eigenvalue weighted by molar-refractivity contribution is 0.687. The number of benzene rings is 4. The molecule has 4 aromatic rings. The van der Waals surface area contributed by atoms with Gasteiger partial charge in [-0.05, 0) is 93.8 Å². The Bertz CT molecular complexity index is 1210. The summed E-state index contributed by atoms with van der Waals surface area (Å²) in [5.74, 6) is 0. The normalized spacial score (nSPS) is 15.0. The molecular formula is C28H24. The number of aryl methyl sites for hydroxylation is 4. The lowest BCUT2D eigenvalue weighted by Crippen LogP contribution is -2.04. The van der Waals surface area contributed by atoms with Crippen LogP contribution in [0.3, 0.4) is 0 Å². The van der Waals surface area contributed by atoms with Gasteiger partial charge >= 0.3 is 0 Å². The van der Waals surface area contributed by atoms with Crippen molar-refractivity contribution >= 4 is 10.8 Å². The van der Waals surface area contributed by atoms with Crippen LogP contribution in [0.15, 0.2) is 72.8 Å². The second kappa shape index (κ2) is 6.34. The van der Waals surface area contributed by atoms with Crippen molar-refractivity contribution in [3.05, 3.63) is 95.1 Å². The van der Waals surface area contributed by atoms with Crippen LogP contribution in [0.5, 0.6) is 0 Å². The predicted molar refractivity (Wildman–Crippen MR) is 119 cm³/mol. The monoisotopic (exact) mass is 360 g/mol. The Balaban J connectivity index is 1.51. The van der Waals surface area contributed by atoms with Crippen molar-refractivity contribution in [2.45, 2.75) is 38.5 Å². The van der Waals surface area contributed by atoms with Crippen LogP contribution in [-0.4, -0.2) is 0 Å². The van der Waals surface area contributed by atoms with E-state index in [0.717, 1.165) is 12.8 Å². The molecule has 0 amide bonds. The molecule has 0 bridgehead atoms. The van der Waals surface area contributed by atoms with Gasteiger partial charge in [-0.3, -0.25) is 0 Å². The maximum atomic E-state index is 2.48. The second-order valence-electron chi connectivity index (χ2n) is 8.38. The third-order valence-electron chi connectivity index (χ3n) is 6.73. The fourth-order valence-corrected chi connectivity index (χ4v) is 5.27. The molecule has 6 rings (SSSR count). The van der Waals surface area contributed by atoms with Gasteiger partial charge in [-0.1, -0.05) is 72.8 Å². The third kappa shape index (κ3) is 2.52. The first-order valence-electron chi connectivity index (χ1n) is 10.6. The molecule has 4 aromatic carbocycles. The maximum Gasteiger partial charge on any atom is -0.0102 e. The average molecular weight is 361 g/mol. The molecule has 0 aliphatic heterocycles. The minimum absolute atomic E-state index is 1.14. The minimum Gasteiger partial charge on any atom is -0.0620 e. The van der Waals surface area contributed by atoms with Crippen LogP contribution in [0.25, 0.3) is 33.0 Å². The van der Waals surface area contributed by atoms with Gasteiger partial charge in [0.05, 0.1) is 0 Å². The van der Waals surface area contributed by atoms with Crippen molar-refractivity contribution in [2.75, 3.05) is 0 Å². The first kappa shape index (κ1) is 16.1. The van der Waals surface area contributed by atoms with E-state index >= 15 is 0 Å². The first-order chi connectivity index (χ1) is 13.9. The molecule has 0 heterocycles. The highest BCUT2D eigenvalue weighted by molar-refractivity contribution is 5.98. The molecule has 0 saturated heterocycles. The molecule has 0 heteroatoms. The molecule has 2 aliphatic rings. The molecule has 0 N–H and O–H groups in total. The maximum absolute atomic E-state index is 2.48. The molecule has 0 saturated carbocycles. The Morgan fingerprint density at radius 3 is 2.14 bits per heavy atom. The molecule has 0 aromatic heterocycles. The summed E-state index contributed by atoms with van der Waals surface area (Å²) in [6.45, 7) is 0. The summed E-state index contributed by atoms with van der Waals surface area (Å²) in [6.07, 6.45) is 7.44. The SMILES string of the molecule is c1ccc2c(c1)CCc1cc(-c3cccc4cc5c(cc34)CCCC5)ccc1-2. The van der Waals surface area contributed by atoms with Crippen LogP contribution in [-0.2, 0) is 25.7 Å². The average Bonchev–Trinajstić information content (AvgIpc) is 2.76. The van der Waals surface area contributed by atoms with Gasteiger partial charge in [-0.15, -0.1) is 0 Å². The first-order valence-corrected chi connectivity index (χ1v) is 10.6. The van der Waals surface area contributed by atoms with Gasteiger partial charge in [0.15, 0.2) is 0 Å². The van der Waals surface area contributed by atoms with E-state index < -0.39 is 0 Å². The van der Waals surface area contributed by atoms with Crippen LogP contribution >= 0.6 is 0 Å². The number of rotatable bonds is 1. The zero-order valence-electron chi connectivity index (χ0n) is 16.2. The van der Waals surface area contributed by atoms with Crippen molar-refractivity contribution in [3.8, 4) is 22.3 Å². The van der Waals surface area contributed by atoms with E-state index in [9.17, 15) is 0 Å². The summed E-state index contributed by atoms with van der Waals surface area (Å²) >= 11 is 0. The van der Waals surface area contributed by atoms with E-state index in [2.05, 4.69) is 72.8 Å². The Labute approximate surface area is 166 Å². The van der Waals surface area contributed by atoms with E-state index in [1.54, 1.807) is 11.1 Å². The highest BCUT2D eigenvalue weighted by Crippen LogP contribution is 2.38. The lowest BCUT2D eigenvalue weighted by atomic mass is 9.83. The van der Waals surface area contributed by atoms with Crippen LogP contribution in [0.4, 0.5) is 0 Å². The predicted octanol–water partition coefficient (Wildman–Crippen LogP) is 7.15. The molecule has 0 spiro atoms. The van der Waals surface area contributed by atoms with E-state index in [1.807, 2.05) is 0 Å². The molecule has 28 heavy (non-hydrogen) atoms. The Kier molecular flexibility index (Phi) is 3.65. The van der Waals surface area contributed by atoms with Gasteiger partial charge in [0, 0.05) is 0 Å². The van der Waals surface area contributed by atoms with Crippen molar-refractivity contribution in [1.29, 1.82) is 0 Å². The number of hydrogen-bond donors (Lipinski definition) is 0. The summed E-state index contributed by atoms with van der Waals surface area (Å²) in [5.41, 5.74) is 11.7. The van der Waals surface area contributed by atoms with Crippen molar-refractivity contribution in [3.63, 3.8) is 0 Å². The summed E-state index contributed by atoms with van der Waals surface area (Å²) in [7, 11) is 0. The smallest absolute Gasteiger partial charge is 0.0102 e. The standard InChI is InChI=1S/C28H24/c1-2-8-21-18-28-22(16-20(21)7-1)9-5-11-26(28)24-14-15-27-23(17-24)13-12-19-6-3-4-10-25(19)27/h3-6,9-11,14-18H,1-2,7-8,12-13H2. The summed E-state index contributed by atoms with van der Waals surface area (Å²) < 4.78 is 0. The highest BCUT2D eigenvalue weighted by Gasteiger charge is 2.17. The van der Waals surface area contributed by atoms with Crippen molar-refractivity contribution in [2.24, 2.45) is 0 Å². The largest absolute Gasteiger partial charge is 0.0620 e. The molecule has 136 valence electrons. The van der Waals surface area contributed by atoms with Crippen molar-refractivity contribution in [1.82, 2.24) is 0 Å². The summed E-state index contributed by atoms with van der Waals surface area (Å²) in [5, 5.41) is 2.81. The minimum atomic E-state index is 1.14. The quantitative estimate of drug-likeness (QED) is 0.338. The zero-order chi connectivity index (χ0) is 18.5. The molecule has 0 nitrogen and oxygen atoms in total. The van der Waals surface area contributed by atoms with Crippen LogP contribution in [0.2, 0.25) is 0 Å². The van der Waals surface area contributed by atoms with E-state index in [1.165, 1.54) is 69.8 Å². The molecular weight excluding hydrogens is 336 g/mol. The van der Waals surface area contributed by atoms with Gasteiger partial charge < -0.3 is 0 Å². The van der Waals surface area contributed by atoms with Crippen molar-refractivity contribution < 1.29 is 0 Å². The van der Waals surface area contributed by atoms with Gasteiger partial charge in [0.2, 0.25) is 0 Å². The third-order valence-corrected chi connectivity index (χ3v) is 6.73. The van der Waals surface area contributed by atoms with E-state index in [4.69, 9.17) is 0 Å². The molecule has 0 atom stereocenters.